The number of fused-ring (bicyclic) bond motifs is 1. The fraction of sp³-hybridized carbons (Fsp3) is 0.316. The first-order valence-electron chi connectivity index (χ1n) is 8.32. The van der Waals surface area contributed by atoms with E-state index in [1.54, 1.807) is 32.3 Å². The van der Waals surface area contributed by atoms with Gasteiger partial charge in [0.05, 0.1) is 6.26 Å². The van der Waals surface area contributed by atoms with Gasteiger partial charge in [0.15, 0.2) is 5.76 Å². The highest BCUT2D eigenvalue weighted by molar-refractivity contribution is 5.96. The van der Waals surface area contributed by atoms with E-state index in [1.165, 1.54) is 23.0 Å². The molecule has 1 atom stereocenters. The van der Waals surface area contributed by atoms with Gasteiger partial charge in [-0.1, -0.05) is 6.07 Å². The molecule has 3 rings (SSSR count). The maximum Gasteiger partial charge on any atom is 0.290 e. The van der Waals surface area contributed by atoms with Crippen LogP contribution in [0, 0.1) is 0 Å². The van der Waals surface area contributed by atoms with E-state index >= 15 is 0 Å². The number of hydrogen-bond acceptors (Lipinski definition) is 4. The van der Waals surface area contributed by atoms with Gasteiger partial charge >= 0.3 is 0 Å². The lowest BCUT2D eigenvalue weighted by molar-refractivity contribution is -0.134. The van der Waals surface area contributed by atoms with Crippen molar-refractivity contribution < 1.29 is 18.8 Å². The van der Waals surface area contributed by atoms with E-state index in [0.29, 0.717) is 12.1 Å². The number of furan rings is 1. The molecule has 1 aromatic carbocycles. The van der Waals surface area contributed by atoms with Crippen molar-refractivity contribution in [2.24, 2.45) is 0 Å². The van der Waals surface area contributed by atoms with Gasteiger partial charge in [0.25, 0.3) is 5.91 Å². The van der Waals surface area contributed by atoms with Crippen molar-refractivity contribution in [1.29, 1.82) is 0 Å². The summed E-state index contributed by atoms with van der Waals surface area (Å²) < 4.78 is 5.23. The predicted molar refractivity (Wildman–Crippen MR) is 95.5 cm³/mol. The van der Waals surface area contributed by atoms with Gasteiger partial charge in [-0.25, -0.2) is 0 Å². The fourth-order valence-electron chi connectivity index (χ4n) is 3.14. The van der Waals surface area contributed by atoms with Crippen molar-refractivity contribution in [3.05, 3.63) is 53.5 Å². The Bertz CT molecular complexity index is 842. The summed E-state index contributed by atoms with van der Waals surface area (Å²) in [7, 11) is 3.35. The lowest BCUT2D eigenvalue weighted by Gasteiger charge is -2.37. The van der Waals surface area contributed by atoms with E-state index in [-0.39, 0.29) is 30.0 Å². The Morgan fingerprint density at radius 2 is 1.96 bits per heavy atom. The van der Waals surface area contributed by atoms with Gasteiger partial charge in [-0.05, 0) is 35.4 Å². The van der Waals surface area contributed by atoms with Crippen LogP contribution in [-0.4, -0.2) is 47.7 Å². The Hall–Kier alpha value is -3.09. The lowest BCUT2D eigenvalue weighted by Crippen LogP contribution is -2.52. The largest absolute Gasteiger partial charge is 0.459 e. The summed E-state index contributed by atoms with van der Waals surface area (Å²) in [6, 6.07) is 8.18. The number of benzene rings is 1. The first-order valence-corrected chi connectivity index (χ1v) is 8.32. The van der Waals surface area contributed by atoms with Crippen molar-refractivity contribution in [2.45, 2.75) is 25.9 Å². The number of nitrogens with one attached hydrogen (secondary N) is 1. The summed E-state index contributed by atoms with van der Waals surface area (Å²) in [5.74, 6) is -0.430. The van der Waals surface area contributed by atoms with E-state index in [1.807, 2.05) is 12.1 Å². The molecule has 0 bridgehead atoms. The highest BCUT2D eigenvalue weighted by Crippen LogP contribution is 2.28. The number of anilines is 1. The zero-order valence-corrected chi connectivity index (χ0v) is 15.0. The van der Waals surface area contributed by atoms with Crippen molar-refractivity contribution >= 4 is 23.4 Å². The van der Waals surface area contributed by atoms with Crippen LogP contribution in [0.5, 0.6) is 0 Å². The molecule has 7 nitrogen and oxygen atoms in total. The SMILES string of the molecule is CC(=O)Nc1ccc2c(c1)CN(C(=O)c1ccco1)[C@H](C(=O)N(C)C)C2. The topological polar surface area (TPSA) is 82.9 Å². The van der Waals surface area contributed by atoms with Gasteiger partial charge in [-0.2, -0.15) is 0 Å². The number of nitrogens with zero attached hydrogens (tertiary/aromatic N) is 2. The molecule has 0 saturated carbocycles. The second kappa shape index (κ2) is 7.03. The normalized spacial score (nSPS) is 16.0. The highest BCUT2D eigenvalue weighted by Gasteiger charge is 2.36. The van der Waals surface area contributed by atoms with Crippen LogP contribution in [0.15, 0.2) is 41.0 Å². The molecule has 2 heterocycles. The van der Waals surface area contributed by atoms with Crippen LogP contribution in [0.2, 0.25) is 0 Å². The molecule has 136 valence electrons. The molecule has 1 aromatic heterocycles. The fourth-order valence-corrected chi connectivity index (χ4v) is 3.14. The zero-order chi connectivity index (χ0) is 18.8. The standard InChI is InChI=1S/C19H21N3O4/c1-12(23)20-15-7-6-13-10-16(18(24)21(2)3)22(11-14(13)9-15)19(25)17-5-4-8-26-17/h4-9,16H,10-11H2,1-3H3,(H,20,23)/t16-/m0/s1. The Balaban J connectivity index is 1.96. The Labute approximate surface area is 151 Å². The summed E-state index contributed by atoms with van der Waals surface area (Å²) in [5, 5.41) is 2.74. The first kappa shape index (κ1) is 17.7. The average Bonchev–Trinajstić information content (AvgIpc) is 3.13. The Morgan fingerprint density at radius 3 is 2.58 bits per heavy atom. The Morgan fingerprint density at radius 1 is 1.19 bits per heavy atom. The second-order valence-corrected chi connectivity index (χ2v) is 6.53. The maximum atomic E-state index is 12.9. The minimum Gasteiger partial charge on any atom is -0.459 e. The van der Waals surface area contributed by atoms with Crippen LogP contribution in [0.4, 0.5) is 5.69 Å². The van der Waals surface area contributed by atoms with E-state index in [0.717, 1.165) is 11.1 Å². The van der Waals surface area contributed by atoms with Crippen LogP contribution in [0.3, 0.4) is 0 Å². The number of carbonyl (C=O) groups is 3. The molecule has 0 radical (unpaired) electrons. The number of amides is 3. The third kappa shape index (κ3) is 3.46. The molecular formula is C19H21N3O4. The molecule has 1 aliphatic heterocycles. The van der Waals surface area contributed by atoms with Gasteiger partial charge in [-0.15, -0.1) is 0 Å². The molecule has 0 saturated heterocycles. The van der Waals surface area contributed by atoms with Crippen LogP contribution >= 0.6 is 0 Å². The third-order valence-corrected chi connectivity index (χ3v) is 4.38. The molecular weight excluding hydrogens is 334 g/mol. The molecule has 3 amide bonds. The summed E-state index contributed by atoms with van der Waals surface area (Å²) in [5.41, 5.74) is 2.56. The minimum absolute atomic E-state index is 0.138. The molecule has 0 spiro atoms. The molecule has 2 aromatic rings. The number of hydrogen-bond donors (Lipinski definition) is 1. The molecule has 1 aliphatic rings. The molecule has 0 fully saturated rings. The molecule has 0 aliphatic carbocycles. The average molecular weight is 355 g/mol. The lowest BCUT2D eigenvalue weighted by atomic mass is 9.92. The molecule has 26 heavy (non-hydrogen) atoms. The minimum atomic E-state index is -0.596. The summed E-state index contributed by atoms with van der Waals surface area (Å²) in [4.78, 5) is 39.8. The van der Waals surface area contributed by atoms with Crippen LogP contribution in [0.25, 0.3) is 0 Å². The van der Waals surface area contributed by atoms with Crippen molar-refractivity contribution in [2.75, 3.05) is 19.4 Å². The summed E-state index contributed by atoms with van der Waals surface area (Å²) in [6.45, 7) is 1.71. The summed E-state index contributed by atoms with van der Waals surface area (Å²) in [6.07, 6.45) is 1.85. The first-order chi connectivity index (χ1) is 12.4. The number of carbonyl (C=O) groups excluding carboxylic acids is 3. The smallest absolute Gasteiger partial charge is 0.290 e. The van der Waals surface area contributed by atoms with Crippen molar-refractivity contribution in [1.82, 2.24) is 9.80 Å². The van der Waals surface area contributed by atoms with Crippen molar-refractivity contribution in [3.8, 4) is 0 Å². The predicted octanol–water partition coefficient (Wildman–Crippen LogP) is 1.89. The molecule has 1 N–H and O–H groups in total. The van der Waals surface area contributed by atoms with Gasteiger partial charge in [0.2, 0.25) is 11.8 Å². The maximum absolute atomic E-state index is 12.9. The quantitative estimate of drug-likeness (QED) is 0.911. The van der Waals surface area contributed by atoms with Crippen LogP contribution in [-0.2, 0) is 22.6 Å². The third-order valence-electron chi connectivity index (χ3n) is 4.38. The van der Waals surface area contributed by atoms with E-state index in [9.17, 15) is 14.4 Å². The highest BCUT2D eigenvalue weighted by atomic mass is 16.3. The molecule has 0 unspecified atom stereocenters. The van der Waals surface area contributed by atoms with Gasteiger partial charge in [0, 0.05) is 39.7 Å². The van der Waals surface area contributed by atoms with Gasteiger partial charge in [-0.3, -0.25) is 14.4 Å². The van der Waals surface area contributed by atoms with Gasteiger partial charge in [0.1, 0.15) is 6.04 Å². The van der Waals surface area contributed by atoms with Gasteiger partial charge < -0.3 is 19.5 Å². The monoisotopic (exact) mass is 355 g/mol. The zero-order valence-electron chi connectivity index (χ0n) is 15.0. The number of likely N-dealkylation sites (N-methyl/N-ethyl adjacent to an activating group) is 1. The van der Waals surface area contributed by atoms with E-state index in [2.05, 4.69) is 5.32 Å². The molecule has 7 heteroatoms. The Kier molecular flexibility index (Phi) is 4.79. The second-order valence-electron chi connectivity index (χ2n) is 6.53. The van der Waals surface area contributed by atoms with E-state index < -0.39 is 6.04 Å². The van der Waals surface area contributed by atoms with Crippen LogP contribution < -0.4 is 5.32 Å². The number of rotatable bonds is 3. The summed E-state index contributed by atoms with van der Waals surface area (Å²) >= 11 is 0. The van der Waals surface area contributed by atoms with E-state index in [4.69, 9.17) is 4.42 Å². The van der Waals surface area contributed by atoms with Crippen LogP contribution in [0.1, 0.15) is 28.6 Å². The van der Waals surface area contributed by atoms with Crippen molar-refractivity contribution in [3.63, 3.8) is 0 Å².